The largest absolute Gasteiger partial charge is 0.439 e. The Labute approximate surface area is 187 Å². The Hall–Kier alpha value is -3.82. The van der Waals surface area contributed by atoms with Crippen molar-refractivity contribution in [2.45, 2.75) is 25.9 Å². The number of amides is 2. The normalized spacial score (nSPS) is 14.2. The SMILES string of the molecule is Cc1oncc1NC(=O)N1CCC(=Cc2cccc(Oc3ccc(C(F)(F)F)cn3)c2)CC1. The van der Waals surface area contributed by atoms with E-state index in [-0.39, 0.29) is 11.9 Å². The lowest BCUT2D eigenvalue weighted by atomic mass is 10.0. The van der Waals surface area contributed by atoms with Gasteiger partial charge in [-0.15, -0.1) is 0 Å². The first-order chi connectivity index (χ1) is 15.8. The molecule has 1 aliphatic heterocycles. The number of anilines is 1. The summed E-state index contributed by atoms with van der Waals surface area (Å²) >= 11 is 0. The number of rotatable bonds is 4. The Morgan fingerprint density at radius 3 is 2.61 bits per heavy atom. The number of pyridine rings is 1. The number of ether oxygens (including phenoxy) is 1. The predicted octanol–water partition coefficient (Wildman–Crippen LogP) is 5.90. The highest BCUT2D eigenvalue weighted by molar-refractivity contribution is 5.89. The fraction of sp³-hybridized carbons (Fsp3) is 0.261. The highest BCUT2D eigenvalue weighted by atomic mass is 19.4. The van der Waals surface area contributed by atoms with Gasteiger partial charge in [-0.05, 0) is 43.5 Å². The van der Waals surface area contributed by atoms with E-state index in [4.69, 9.17) is 9.26 Å². The van der Waals surface area contributed by atoms with E-state index >= 15 is 0 Å². The van der Waals surface area contributed by atoms with Crippen LogP contribution >= 0.6 is 0 Å². The molecule has 0 radical (unpaired) electrons. The summed E-state index contributed by atoms with van der Waals surface area (Å²) in [6, 6.07) is 9.14. The molecular formula is C23H21F3N4O3. The minimum Gasteiger partial charge on any atom is -0.439 e. The number of piperidine rings is 1. The highest BCUT2D eigenvalue weighted by Crippen LogP contribution is 2.30. The van der Waals surface area contributed by atoms with Crippen LogP contribution in [0, 0.1) is 6.92 Å². The number of alkyl halides is 3. The zero-order valence-electron chi connectivity index (χ0n) is 17.7. The molecule has 1 N–H and O–H groups in total. The molecule has 2 amide bonds. The molecule has 7 nitrogen and oxygen atoms in total. The van der Waals surface area contributed by atoms with E-state index in [1.165, 1.54) is 17.8 Å². The minimum absolute atomic E-state index is 0.0789. The van der Waals surface area contributed by atoms with Crippen molar-refractivity contribution in [1.29, 1.82) is 0 Å². The number of aromatic nitrogens is 2. The van der Waals surface area contributed by atoms with Crippen molar-refractivity contribution in [1.82, 2.24) is 15.0 Å². The number of hydrogen-bond donors (Lipinski definition) is 1. The molecule has 4 rings (SSSR count). The first-order valence-electron chi connectivity index (χ1n) is 10.3. The Balaban J connectivity index is 1.35. The maximum absolute atomic E-state index is 12.7. The number of aryl methyl sites for hydroxylation is 1. The van der Waals surface area contributed by atoms with Gasteiger partial charge in [0.2, 0.25) is 5.88 Å². The monoisotopic (exact) mass is 458 g/mol. The summed E-state index contributed by atoms with van der Waals surface area (Å²) in [4.78, 5) is 17.9. The molecule has 2 aromatic heterocycles. The number of nitrogens with one attached hydrogen (secondary N) is 1. The quantitative estimate of drug-likeness (QED) is 0.527. The van der Waals surface area contributed by atoms with Crippen LogP contribution in [-0.2, 0) is 6.18 Å². The summed E-state index contributed by atoms with van der Waals surface area (Å²) in [5, 5.41) is 6.44. The summed E-state index contributed by atoms with van der Waals surface area (Å²) in [6.07, 6.45) is 1.26. The molecule has 0 unspecified atom stereocenters. The molecule has 0 spiro atoms. The predicted molar refractivity (Wildman–Crippen MR) is 115 cm³/mol. The van der Waals surface area contributed by atoms with Gasteiger partial charge in [0.05, 0.1) is 11.8 Å². The zero-order chi connectivity index (χ0) is 23.4. The van der Waals surface area contributed by atoms with Crippen molar-refractivity contribution >= 4 is 17.8 Å². The van der Waals surface area contributed by atoms with E-state index < -0.39 is 11.7 Å². The number of carbonyl (C=O) groups excluding carboxylic acids is 1. The maximum Gasteiger partial charge on any atom is 0.417 e. The molecule has 3 heterocycles. The van der Waals surface area contributed by atoms with Gasteiger partial charge >= 0.3 is 12.2 Å². The molecule has 0 saturated carbocycles. The zero-order valence-corrected chi connectivity index (χ0v) is 17.7. The van der Waals surface area contributed by atoms with E-state index in [0.717, 1.165) is 30.7 Å². The minimum atomic E-state index is -4.44. The van der Waals surface area contributed by atoms with Gasteiger partial charge in [-0.1, -0.05) is 28.9 Å². The van der Waals surface area contributed by atoms with E-state index in [1.54, 1.807) is 30.0 Å². The lowest BCUT2D eigenvalue weighted by Crippen LogP contribution is -2.39. The van der Waals surface area contributed by atoms with E-state index in [2.05, 4.69) is 15.5 Å². The second-order valence-electron chi connectivity index (χ2n) is 7.57. The summed E-state index contributed by atoms with van der Waals surface area (Å²) in [6.45, 7) is 2.88. The number of likely N-dealkylation sites (tertiary alicyclic amines) is 1. The Kier molecular flexibility index (Phi) is 6.34. The number of hydrogen-bond acceptors (Lipinski definition) is 5. The molecule has 1 aromatic carbocycles. The Bertz CT molecular complexity index is 1150. The van der Waals surface area contributed by atoms with E-state index in [0.29, 0.717) is 30.3 Å². The van der Waals surface area contributed by atoms with E-state index in [1.807, 2.05) is 12.1 Å². The van der Waals surface area contributed by atoms with Crippen molar-refractivity contribution < 1.29 is 27.2 Å². The molecule has 3 aromatic rings. The molecule has 1 fully saturated rings. The van der Waals surface area contributed by atoms with Crippen molar-refractivity contribution in [3.63, 3.8) is 0 Å². The molecule has 0 atom stereocenters. The van der Waals surface area contributed by atoms with Gasteiger partial charge in [0.15, 0.2) is 5.76 Å². The molecule has 0 bridgehead atoms. The van der Waals surface area contributed by atoms with E-state index in [9.17, 15) is 18.0 Å². The molecular weight excluding hydrogens is 437 g/mol. The summed E-state index contributed by atoms with van der Waals surface area (Å²) in [5.74, 6) is 1.10. The summed E-state index contributed by atoms with van der Waals surface area (Å²) in [5.41, 5.74) is 1.81. The summed E-state index contributed by atoms with van der Waals surface area (Å²) < 4.78 is 48.6. The van der Waals surface area contributed by atoms with Crippen molar-refractivity contribution in [2.75, 3.05) is 18.4 Å². The second kappa shape index (κ2) is 9.35. The topological polar surface area (TPSA) is 80.5 Å². The maximum atomic E-state index is 12.7. The molecule has 1 saturated heterocycles. The van der Waals surface area contributed by atoms with Gasteiger partial charge < -0.3 is 19.5 Å². The Morgan fingerprint density at radius 1 is 1.18 bits per heavy atom. The second-order valence-corrected chi connectivity index (χ2v) is 7.57. The van der Waals surface area contributed by atoms with Crippen LogP contribution in [0.3, 0.4) is 0 Å². The molecule has 172 valence electrons. The average molecular weight is 458 g/mol. The summed E-state index contributed by atoms with van der Waals surface area (Å²) in [7, 11) is 0. The van der Waals surface area contributed by atoms with Gasteiger partial charge in [-0.25, -0.2) is 9.78 Å². The lowest BCUT2D eigenvalue weighted by molar-refractivity contribution is -0.137. The molecule has 10 heteroatoms. The number of nitrogens with zero attached hydrogens (tertiary/aromatic N) is 3. The van der Waals surface area contributed by atoms with Gasteiger partial charge in [-0.2, -0.15) is 13.2 Å². The third kappa shape index (κ3) is 5.71. The first kappa shape index (κ1) is 22.4. The molecule has 0 aliphatic carbocycles. The third-order valence-electron chi connectivity index (χ3n) is 5.20. The van der Waals surface area contributed by atoms with Crippen LogP contribution in [0.5, 0.6) is 11.6 Å². The van der Waals surface area contributed by atoms with Crippen molar-refractivity contribution in [3.8, 4) is 11.6 Å². The van der Waals surface area contributed by atoms with Crippen LogP contribution in [-0.4, -0.2) is 34.2 Å². The van der Waals surface area contributed by atoms with Crippen LogP contribution in [0.15, 0.2) is 58.9 Å². The van der Waals surface area contributed by atoms with Gasteiger partial charge in [0.1, 0.15) is 11.4 Å². The first-order valence-corrected chi connectivity index (χ1v) is 10.3. The molecule has 33 heavy (non-hydrogen) atoms. The highest BCUT2D eigenvalue weighted by Gasteiger charge is 2.30. The van der Waals surface area contributed by atoms with Gasteiger partial charge in [-0.3, -0.25) is 0 Å². The van der Waals surface area contributed by atoms with Crippen LogP contribution < -0.4 is 10.1 Å². The fourth-order valence-corrected chi connectivity index (χ4v) is 3.39. The lowest BCUT2D eigenvalue weighted by Gasteiger charge is -2.28. The van der Waals surface area contributed by atoms with Crippen LogP contribution in [0.2, 0.25) is 0 Å². The fourth-order valence-electron chi connectivity index (χ4n) is 3.39. The number of halogens is 3. The van der Waals surface area contributed by atoms with Gasteiger partial charge in [0, 0.05) is 25.4 Å². The average Bonchev–Trinajstić information content (AvgIpc) is 3.18. The smallest absolute Gasteiger partial charge is 0.417 e. The number of benzene rings is 1. The van der Waals surface area contributed by atoms with Crippen LogP contribution in [0.25, 0.3) is 6.08 Å². The Morgan fingerprint density at radius 2 is 1.97 bits per heavy atom. The number of urea groups is 1. The van der Waals surface area contributed by atoms with Crippen molar-refractivity contribution in [3.05, 3.63) is 71.3 Å². The molecule has 1 aliphatic rings. The van der Waals surface area contributed by atoms with Gasteiger partial charge in [0.25, 0.3) is 0 Å². The van der Waals surface area contributed by atoms with Crippen LogP contribution in [0.1, 0.15) is 29.7 Å². The third-order valence-corrected chi connectivity index (χ3v) is 5.20. The standard InChI is InChI=1S/C23H21F3N4O3/c1-15-20(14-28-33-15)29-22(31)30-9-7-16(8-10-30)11-17-3-2-4-19(12-17)32-21-6-5-18(13-27-21)23(24,25)26/h2-6,11-14H,7-10H2,1H3,(H,29,31). The van der Waals surface area contributed by atoms with Crippen LogP contribution in [0.4, 0.5) is 23.7 Å². The van der Waals surface area contributed by atoms with Crippen molar-refractivity contribution in [2.24, 2.45) is 0 Å². The number of carbonyl (C=O) groups is 1.